The molecule has 76 valence electrons. The number of fused-ring (bicyclic) bond motifs is 1. The highest BCUT2D eigenvalue weighted by molar-refractivity contribution is 5.31. The van der Waals surface area contributed by atoms with Crippen LogP contribution in [-0.2, 0) is 6.42 Å². The lowest BCUT2D eigenvalue weighted by Crippen LogP contribution is -2.41. The molecular formula is C12H18N2. The maximum Gasteiger partial charge on any atom is 0.0484 e. The van der Waals surface area contributed by atoms with Crippen LogP contribution in [0.1, 0.15) is 43.9 Å². The first-order chi connectivity index (χ1) is 6.65. The Hall–Kier alpha value is -0.890. The van der Waals surface area contributed by atoms with Gasteiger partial charge in [-0.25, -0.2) is 0 Å². The van der Waals surface area contributed by atoms with Gasteiger partial charge in [-0.3, -0.25) is 4.98 Å². The molecule has 2 atom stereocenters. The maximum atomic E-state index is 6.30. The zero-order valence-electron chi connectivity index (χ0n) is 8.96. The highest BCUT2D eigenvalue weighted by atomic mass is 14.8. The third-order valence-electron chi connectivity index (χ3n) is 3.52. The van der Waals surface area contributed by atoms with E-state index in [-0.39, 0.29) is 5.54 Å². The smallest absolute Gasteiger partial charge is 0.0484 e. The molecule has 1 heterocycles. The largest absolute Gasteiger partial charge is 0.325 e. The van der Waals surface area contributed by atoms with Gasteiger partial charge in [0, 0.05) is 23.3 Å². The average Bonchev–Trinajstić information content (AvgIpc) is 2.61. The van der Waals surface area contributed by atoms with E-state index in [1.807, 2.05) is 12.3 Å². The Labute approximate surface area is 85.5 Å². The molecule has 1 aliphatic carbocycles. The summed E-state index contributed by atoms with van der Waals surface area (Å²) in [4.78, 5) is 4.47. The van der Waals surface area contributed by atoms with Crippen LogP contribution < -0.4 is 5.73 Å². The molecule has 0 amide bonds. The Morgan fingerprint density at radius 3 is 3.14 bits per heavy atom. The molecule has 0 aliphatic heterocycles. The molecule has 0 spiro atoms. The SMILES string of the molecule is CCC(C)(N)C1CCc2cccnc21. The summed E-state index contributed by atoms with van der Waals surface area (Å²) in [6.45, 7) is 4.29. The van der Waals surface area contributed by atoms with E-state index < -0.39 is 0 Å². The van der Waals surface area contributed by atoms with Crippen LogP contribution in [0.5, 0.6) is 0 Å². The van der Waals surface area contributed by atoms with Gasteiger partial charge in [0.25, 0.3) is 0 Å². The number of nitrogens with zero attached hydrogens (tertiary/aromatic N) is 1. The molecule has 2 nitrogen and oxygen atoms in total. The first-order valence-corrected chi connectivity index (χ1v) is 5.38. The molecule has 0 radical (unpaired) electrons. The standard InChI is InChI=1S/C12H18N2/c1-3-12(2,13)10-7-6-9-5-4-8-14-11(9)10/h4-5,8,10H,3,6-7,13H2,1-2H3. The van der Waals surface area contributed by atoms with Gasteiger partial charge in [0.05, 0.1) is 0 Å². The number of hydrogen-bond acceptors (Lipinski definition) is 2. The summed E-state index contributed by atoms with van der Waals surface area (Å²) >= 11 is 0. The number of aryl methyl sites for hydroxylation is 1. The normalized spacial score (nSPS) is 24.4. The number of nitrogens with two attached hydrogens (primary N) is 1. The molecule has 1 aromatic rings. The monoisotopic (exact) mass is 190 g/mol. The minimum atomic E-state index is -0.0976. The van der Waals surface area contributed by atoms with E-state index in [1.165, 1.54) is 11.3 Å². The second kappa shape index (κ2) is 3.35. The molecule has 2 N–H and O–H groups in total. The lowest BCUT2D eigenvalue weighted by molar-refractivity contribution is 0.357. The van der Waals surface area contributed by atoms with Gasteiger partial charge < -0.3 is 5.73 Å². The van der Waals surface area contributed by atoms with Crippen molar-refractivity contribution in [1.82, 2.24) is 4.98 Å². The highest BCUT2D eigenvalue weighted by Crippen LogP contribution is 2.38. The molecule has 2 rings (SSSR count). The van der Waals surface area contributed by atoms with Crippen molar-refractivity contribution in [2.45, 2.75) is 44.6 Å². The fourth-order valence-electron chi connectivity index (χ4n) is 2.30. The van der Waals surface area contributed by atoms with Crippen LogP contribution in [0.15, 0.2) is 18.3 Å². The van der Waals surface area contributed by atoms with Gasteiger partial charge in [0.15, 0.2) is 0 Å². The quantitative estimate of drug-likeness (QED) is 0.776. The van der Waals surface area contributed by atoms with E-state index >= 15 is 0 Å². The van der Waals surface area contributed by atoms with E-state index in [0.717, 1.165) is 19.3 Å². The zero-order chi connectivity index (χ0) is 10.2. The third kappa shape index (κ3) is 1.44. The summed E-state index contributed by atoms with van der Waals surface area (Å²) in [5, 5.41) is 0. The Bertz CT molecular complexity index is 331. The van der Waals surface area contributed by atoms with Gasteiger partial charge in [-0.1, -0.05) is 13.0 Å². The van der Waals surface area contributed by atoms with Crippen molar-refractivity contribution in [3.8, 4) is 0 Å². The van der Waals surface area contributed by atoms with E-state index in [1.54, 1.807) is 0 Å². The van der Waals surface area contributed by atoms with Crippen molar-refractivity contribution in [2.24, 2.45) is 5.73 Å². The van der Waals surface area contributed by atoms with Gasteiger partial charge in [-0.15, -0.1) is 0 Å². The second-order valence-electron chi connectivity index (χ2n) is 4.50. The zero-order valence-corrected chi connectivity index (χ0v) is 8.96. The maximum absolute atomic E-state index is 6.30. The van der Waals surface area contributed by atoms with Crippen LogP contribution in [0, 0.1) is 0 Å². The molecule has 2 heteroatoms. The van der Waals surface area contributed by atoms with E-state index in [2.05, 4.69) is 24.9 Å². The Morgan fingerprint density at radius 1 is 1.64 bits per heavy atom. The van der Waals surface area contributed by atoms with Crippen molar-refractivity contribution in [3.05, 3.63) is 29.6 Å². The van der Waals surface area contributed by atoms with Crippen molar-refractivity contribution in [2.75, 3.05) is 0 Å². The predicted octanol–water partition coefficient (Wildman–Crippen LogP) is 2.24. The van der Waals surface area contributed by atoms with E-state index in [0.29, 0.717) is 5.92 Å². The lowest BCUT2D eigenvalue weighted by atomic mass is 9.82. The average molecular weight is 190 g/mol. The van der Waals surface area contributed by atoms with Crippen LogP contribution in [0.3, 0.4) is 0 Å². The molecule has 0 fully saturated rings. The van der Waals surface area contributed by atoms with E-state index in [4.69, 9.17) is 5.73 Å². The van der Waals surface area contributed by atoms with Crippen LogP contribution in [0.2, 0.25) is 0 Å². The van der Waals surface area contributed by atoms with Gasteiger partial charge in [-0.05, 0) is 37.8 Å². The fraction of sp³-hybridized carbons (Fsp3) is 0.583. The molecule has 0 saturated heterocycles. The van der Waals surface area contributed by atoms with Crippen LogP contribution >= 0.6 is 0 Å². The number of pyridine rings is 1. The van der Waals surface area contributed by atoms with Crippen molar-refractivity contribution >= 4 is 0 Å². The summed E-state index contributed by atoms with van der Waals surface area (Å²) < 4.78 is 0. The van der Waals surface area contributed by atoms with Crippen LogP contribution in [0.4, 0.5) is 0 Å². The summed E-state index contributed by atoms with van der Waals surface area (Å²) in [6, 6.07) is 4.19. The van der Waals surface area contributed by atoms with E-state index in [9.17, 15) is 0 Å². The Morgan fingerprint density at radius 2 is 2.43 bits per heavy atom. The Kier molecular flexibility index (Phi) is 2.31. The Balaban J connectivity index is 2.35. The van der Waals surface area contributed by atoms with Crippen LogP contribution in [-0.4, -0.2) is 10.5 Å². The number of aromatic nitrogens is 1. The van der Waals surface area contributed by atoms with Crippen molar-refractivity contribution < 1.29 is 0 Å². The summed E-state index contributed by atoms with van der Waals surface area (Å²) in [5.41, 5.74) is 8.83. The minimum absolute atomic E-state index is 0.0976. The third-order valence-corrected chi connectivity index (χ3v) is 3.52. The molecule has 1 aliphatic rings. The van der Waals surface area contributed by atoms with Crippen molar-refractivity contribution in [1.29, 1.82) is 0 Å². The number of rotatable bonds is 2. The molecule has 2 unspecified atom stereocenters. The molecular weight excluding hydrogens is 172 g/mol. The summed E-state index contributed by atoms with van der Waals surface area (Å²) in [7, 11) is 0. The highest BCUT2D eigenvalue weighted by Gasteiger charge is 2.35. The van der Waals surface area contributed by atoms with Gasteiger partial charge in [0.1, 0.15) is 0 Å². The molecule has 0 saturated carbocycles. The first-order valence-electron chi connectivity index (χ1n) is 5.38. The summed E-state index contributed by atoms with van der Waals surface area (Å²) in [6.07, 6.45) is 5.18. The number of hydrogen-bond donors (Lipinski definition) is 1. The molecule has 0 aromatic carbocycles. The molecule has 14 heavy (non-hydrogen) atoms. The van der Waals surface area contributed by atoms with Gasteiger partial charge in [0.2, 0.25) is 0 Å². The van der Waals surface area contributed by atoms with Gasteiger partial charge >= 0.3 is 0 Å². The van der Waals surface area contributed by atoms with Crippen molar-refractivity contribution in [3.63, 3.8) is 0 Å². The molecule has 1 aromatic heterocycles. The lowest BCUT2D eigenvalue weighted by Gasteiger charge is -2.30. The first kappa shape index (κ1) is 9.66. The topological polar surface area (TPSA) is 38.9 Å². The fourth-order valence-corrected chi connectivity index (χ4v) is 2.30. The second-order valence-corrected chi connectivity index (χ2v) is 4.50. The minimum Gasteiger partial charge on any atom is -0.325 e. The predicted molar refractivity (Wildman–Crippen MR) is 58.2 cm³/mol. The molecule has 0 bridgehead atoms. The summed E-state index contributed by atoms with van der Waals surface area (Å²) in [5.74, 6) is 0.448. The van der Waals surface area contributed by atoms with Gasteiger partial charge in [-0.2, -0.15) is 0 Å². The van der Waals surface area contributed by atoms with Crippen LogP contribution in [0.25, 0.3) is 0 Å².